The molecule has 1 fully saturated rings. The fraction of sp³-hybridized carbons (Fsp3) is 0.867. The molecule has 4 nitrogen and oxygen atoms in total. The van der Waals surface area contributed by atoms with Crippen molar-refractivity contribution in [3.05, 3.63) is 0 Å². The second-order valence-electron chi connectivity index (χ2n) is 5.86. The van der Waals surface area contributed by atoms with Crippen LogP contribution in [-0.2, 0) is 9.59 Å². The van der Waals surface area contributed by atoms with Crippen LogP contribution in [0.15, 0.2) is 0 Å². The molecule has 0 bridgehead atoms. The van der Waals surface area contributed by atoms with Gasteiger partial charge in [0.1, 0.15) is 0 Å². The lowest BCUT2D eigenvalue weighted by Crippen LogP contribution is -2.42. The number of carbonyl (C=O) groups is 2. The Kier molecular flexibility index (Phi) is 6.32. The van der Waals surface area contributed by atoms with Crippen molar-refractivity contribution < 1.29 is 14.7 Å². The minimum absolute atomic E-state index is 0.0606. The standard InChI is InChI=1S/C15H27NO3/c1-3-12(4-2)14(19)16-11-15(10-13(17)18)8-6-5-7-9-15/h12H,3-11H2,1-2H3,(H,16,19)(H,17,18). The van der Waals surface area contributed by atoms with Crippen molar-refractivity contribution in [3.63, 3.8) is 0 Å². The van der Waals surface area contributed by atoms with E-state index in [0.717, 1.165) is 38.5 Å². The Morgan fingerprint density at radius 2 is 1.74 bits per heavy atom. The van der Waals surface area contributed by atoms with E-state index in [1.165, 1.54) is 6.42 Å². The van der Waals surface area contributed by atoms with Gasteiger partial charge in [-0.15, -0.1) is 0 Å². The number of hydrogen-bond acceptors (Lipinski definition) is 2. The van der Waals surface area contributed by atoms with Crippen molar-refractivity contribution in [2.75, 3.05) is 6.54 Å². The van der Waals surface area contributed by atoms with E-state index in [1.54, 1.807) is 0 Å². The molecule has 0 aliphatic heterocycles. The van der Waals surface area contributed by atoms with Gasteiger partial charge in [0.05, 0.1) is 6.42 Å². The van der Waals surface area contributed by atoms with Gasteiger partial charge in [-0.25, -0.2) is 0 Å². The summed E-state index contributed by atoms with van der Waals surface area (Å²) in [5.41, 5.74) is -0.216. The fourth-order valence-corrected chi connectivity index (χ4v) is 3.12. The fourth-order valence-electron chi connectivity index (χ4n) is 3.12. The predicted molar refractivity (Wildman–Crippen MR) is 74.9 cm³/mol. The lowest BCUT2D eigenvalue weighted by atomic mass is 9.71. The normalized spacial score (nSPS) is 18.3. The molecule has 19 heavy (non-hydrogen) atoms. The number of hydrogen-bond donors (Lipinski definition) is 2. The van der Waals surface area contributed by atoms with Gasteiger partial charge in [0.25, 0.3) is 0 Å². The molecular weight excluding hydrogens is 242 g/mol. The summed E-state index contributed by atoms with van der Waals surface area (Å²) in [7, 11) is 0. The summed E-state index contributed by atoms with van der Waals surface area (Å²) in [6, 6.07) is 0. The van der Waals surface area contributed by atoms with Crippen molar-refractivity contribution in [1.29, 1.82) is 0 Å². The molecule has 0 heterocycles. The van der Waals surface area contributed by atoms with Crippen LogP contribution in [0.3, 0.4) is 0 Å². The first-order valence-electron chi connectivity index (χ1n) is 7.52. The van der Waals surface area contributed by atoms with E-state index in [4.69, 9.17) is 5.11 Å². The van der Waals surface area contributed by atoms with Crippen molar-refractivity contribution in [3.8, 4) is 0 Å². The molecule has 1 aliphatic carbocycles. The Labute approximate surface area is 116 Å². The highest BCUT2D eigenvalue weighted by atomic mass is 16.4. The van der Waals surface area contributed by atoms with Crippen LogP contribution in [0, 0.1) is 11.3 Å². The first kappa shape index (κ1) is 16.0. The van der Waals surface area contributed by atoms with Gasteiger partial charge in [0.2, 0.25) is 5.91 Å². The number of amides is 1. The van der Waals surface area contributed by atoms with E-state index >= 15 is 0 Å². The van der Waals surface area contributed by atoms with Crippen molar-refractivity contribution in [2.24, 2.45) is 11.3 Å². The summed E-state index contributed by atoms with van der Waals surface area (Å²) < 4.78 is 0. The first-order chi connectivity index (χ1) is 9.03. The van der Waals surface area contributed by atoms with Crippen molar-refractivity contribution in [2.45, 2.75) is 65.2 Å². The van der Waals surface area contributed by atoms with E-state index in [-0.39, 0.29) is 23.7 Å². The van der Waals surface area contributed by atoms with Gasteiger partial charge in [0, 0.05) is 12.5 Å². The molecule has 0 aromatic rings. The molecule has 2 N–H and O–H groups in total. The number of carboxylic acids is 1. The van der Waals surface area contributed by atoms with Crippen LogP contribution in [0.4, 0.5) is 0 Å². The van der Waals surface area contributed by atoms with Crippen LogP contribution >= 0.6 is 0 Å². The Hall–Kier alpha value is -1.06. The smallest absolute Gasteiger partial charge is 0.303 e. The molecule has 0 radical (unpaired) electrons. The summed E-state index contributed by atoms with van der Waals surface area (Å²) in [4.78, 5) is 23.1. The van der Waals surface area contributed by atoms with Crippen LogP contribution in [0.5, 0.6) is 0 Å². The average Bonchev–Trinajstić information content (AvgIpc) is 2.38. The first-order valence-corrected chi connectivity index (χ1v) is 7.52. The topological polar surface area (TPSA) is 66.4 Å². The number of carbonyl (C=O) groups excluding carboxylic acids is 1. The molecule has 0 unspecified atom stereocenters. The lowest BCUT2D eigenvalue weighted by Gasteiger charge is -2.36. The average molecular weight is 269 g/mol. The van der Waals surface area contributed by atoms with E-state index in [1.807, 2.05) is 13.8 Å². The summed E-state index contributed by atoms with van der Waals surface area (Å²) in [6.07, 6.45) is 7.04. The third kappa shape index (κ3) is 4.84. The number of aliphatic carboxylic acids is 1. The maximum absolute atomic E-state index is 12.0. The molecule has 0 spiro atoms. The van der Waals surface area contributed by atoms with Gasteiger partial charge in [-0.1, -0.05) is 33.1 Å². The van der Waals surface area contributed by atoms with E-state index in [0.29, 0.717) is 6.54 Å². The molecule has 1 amide bonds. The molecular formula is C15H27NO3. The Morgan fingerprint density at radius 1 is 1.16 bits per heavy atom. The minimum Gasteiger partial charge on any atom is -0.481 e. The maximum Gasteiger partial charge on any atom is 0.303 e. The molecule has 0 aromatic heterocycles. The largest absolute Gasteiger partial charge is 0.481 e. The quantitative estimate of drug-likeness (QED) is 0.746. The SMILES string of the molecule is CCC(CC)C(=O)NCC1(CC(=O)O)CCCCC1. The Bertz CT molecular complexity index is 305. The van der Waals surface area contributed by atoms with Crippen LogP contribution < -0.4 is 5.32 Å². The molecule has 1 saturated carbocycles. The molecule has 1 aliphatic rings. The van der Waals surface area contributed by atoms with Crippen LogP contribution in [0.25, 0.3) is 0 Å². The second kappa shape index (κ2) is 7.51. The molecule has 110 valence electrons. The van der Waals surface area contributed by atoms with E-state index < -0.39 is 5.97 Å². The molecule has 0 aromatic carbocycles. The van der Waals surface area contributed by atoms with Crippen LogP contribution in [0.2, 0.25) is 0 Å². The van der Waals surface area contributed by atoms with Gasteiger partial charge in [-0.3, -0.25) is 9.59 Å². The Balaban J connectivity index is 2.57. The second-order valence-corrected chi connectivity index (χ2v) is 5.86. The van der Waals surface area contributed by atoms with Gasteiger partial charge in [0.15, 0.2) is 0 Å². The molecule has 1 rings (SSSR count). The molecule has 0 atom stereocenters. The summed E-state index contributed by atoms with van der Waals surface area (Å²) in [5.74, 6) is -0.607. The minimum atomic E-state index is -0.751. The lowest BCUT2D eigenvalue weighted by molar-refractivity contribution is -0.141. The highest BCUT2D eigenvalue weighted by Gasteiger charge is 2.35. The van der Waals surface area contributed by atoms with Crippen LogP contribution in [0.1, 0.15) is 65.2 Å². The van der Waals surface area contributed by atoms with Crippen molar-refractivity contribution in [1.82, 2.24) is 5.32 Å². The number of rotatable bonds is 7. The summed E-state index contributed by atoms with van der Waals surface area (Å²) >= 11 is 0. The van der Waals surface area contributed by atoms with Gasteiger partial charge < -0.3 is 10.4 Å². The third-order valence-corrected chi connectivity index (χ3v) is 4.43. The predicted octanol–water partition coefficient (Wildman–Crippen LogP) is 2.96. The maximum atomic E-state index is 12.0. The molecule has 0 saturated heterocycles. The highest BCUT2D eigenvalue weighted by molar-refractivity contribution is 5.78. The number of carboxylic acid groups (broad SMARTS) is 1. The summed E-state index contributed by atoms with van der Waals surface area (Å²) in [6.45, 7) is 4.55. The van der Waals surface area contributed by atoms with Crippen LogP contribution in [-0.4, -0.2) is 23.5 Å². The summed E-state index contributed by atoms with van der Waals surface area (Å²) in [5, 5.41) is 12.1. The molecule has 4 heteroatoms. The third-order valence-electron chi connectivity index (χ3n) is 4.43. The van der Waals surface area contributed by atoms with Gasteiger partial charge in [-0.05, 0) is 31.1 Å². The highest BCUT2D eigenvalue weighted by Crippen LogP contribution is 2.38. The zero-order valence-corrected chi connectivity index (χ0v) is 12.2. The Morgan fingerprint density at radius 3 is 2.21 bits per heavy atom. The zero-order chi connectivity index (χ0) is 14.3. The van der Waals surface area contributed by atoms with E-state index in [2.05, 4.69) is 5.32 Å². The van der Waals surface area contributed by atoms with Gasteiger partial charge >= 0.3 is 5.97 Å². The number of nitrogens with one attached hydrogen (secondary N) is 1. The zero-order valence-electron chi connectivity index (χ0n) is 12.2. The van der Waals surface area contributed by atoms with Crippen molar-refractivity contribution >= 4 is 11.9 Å². The monoisotopic (exact) mass is 269 g/mol. The van der Waals surface area contributed by atoms with E-state index in [9.17, 15) is 9.59 Å². The van der Waals surface area contributed by atoms with Gasteiger partial charge in [-0.2, -0.15) is 0 Å².